The first-order valence-electron chi connectivity index (χ1n) is 6.89. The molecular weight excluding hydrogens is 292 g/mol. The summed E-state index contributed by atoms with van der Waals surface area (Å²) in [7, 11) is -2.97. The van der Waals surface area contributed by atoms with Crippen molar-refractivity contribution in [1.82, 2.24) is 10.6 Å². The van der Waals surface area contributed by atoms with E-state index in [1.165, 1.54) is 0 Å². The fourth-order valence-corrected chi connectivity index (χ4v) is 3.86. The highest BCUT2D eigenvalue weighted by molar-refractivity contribution is 7.91. The fraction of sp³-hybridized carbons (Fsp3) is 0.500. The molecule has 116 valence electrons. The molecule has 1 aliphatic rings. The summed E-state index contributed by atoms with van der Waals surface area (Å²) < 4.78 is 28.1. The van der Waals surface area contributed by atoms with Gasteiger partial charge in [-0.15, -0.1) is 0 Å². The number of aryl methyl sites for hydroxylation is 1. The Morgan fingerprint density at radius 3 is 2.81 bits per heavy atom. The van der Waals surface area contributed by atoms with E-state index in [1.807, 2.05) is 31.2 Å². The summed E-state index contributed by atoms with van der Waals surface area (Å²) in [6.07, 6.45) is 0.482. The van der Waals surface area contributed by atoms with Gasteiger partial charge in [-0.1, -0.05) is 18.2 Å². The first kappa shape index (κ1) is 15.6. The number of benzene rings is 1. The number of sulfone groups is 1. The van der Waals surface area contributed by atoms with Crippen LogP contribution in [0.1, 0.15) is 12.0 Å². The van der Waals surface area contributed by atoms with E-state index in [1.54, 1.807) is 0 Å². The zero-order valence-corrected chi connectivity index (χ0v) is 12.8. The molecule has 6 nitrogen and oxygen atoms in total. The van der Waals surface area contributed by atoms with E-state index in [4.69, 9.17) is 4.74 Å². The van der Waals surface area contributed by atoms with Crippen LogP contribution in [0.3, 0.4) is 0 Å². The highest BCUT2D eigenvalue weighted by atomic mass is 32.2. The smallest absolute Gasteiger partial charge is 0.315 e. The summed E-state index contributed by atoms with van der Waals surface area (Å²) in [5, 5.41) is 5.32. The van der Waals surface area contributed by atoms with E-state index >= 15 is 0 Å². The van der Waals surface area contributed by atoms with E-state index in [0.717, 1.165) is 11.3 Å². The number of amides is 2. The van der Waals surface area contributed by atoms with Crippen molar-refractivity contribution in [1.29, 1.82) is 0 Å². The first-order chi connectivity index (χ1) is 9.96. The standard InChI is InChI=1S/C14H20N2O4S/c1-11-4-2-3-5-13(11)20-8-7-15-14(17)16-12-6-9-21(18,19)10-12/h2-5,12H,6-10H2,1H3,(H2,15,16,17). The number of ether oxygens (including phenoxy) is 1. The summed E-state index contributed by atoms with van der Waals surface area (Å²) in [6, 6.07) is 7.01. The van der Waals surface area contributed by atoms with Crippen LogP contribution in [0.4, 0.5) is 4.79 Å². The molecule has 1 aliphatic heterocycles. The Labute approximate surface area is 124 Å². The average molecular weight is 312 g/mol. The molecule has 7 heteroatoms. The number of hydrogen-bond acceptors (Lipinski definition) is 4. The number of rotatable bonds is 5. The normalized spacial score (nSPS) is 20.0. The monoisotopic (exact) mass is 312 g/mol. The van der Waals surface area contributed by atoms with Crippen LogP contribution in [0.15, 0.2) is 24.3 Å². The van der Waals surface area contributed by atoms with Gasteiger partial charge in [0, 0.05) is 6.04 Å². The third kappa shape index (κ3) is 4.93. The van der Waals surface area contributed by atoms with Gasteiger partial charge in [-0.25, -0.2) is 13.2 Å². The quantitative estimate of drug-likeness (QED) is 0.790. The third-order valence-electron chi connectivity index (χ3n) is 3.31. The Morgan fingerprint density at radius 1 is 1.38 bits per heavy atom. The lowest BCUT2D eigenvalue weighted by Crippen LogP contribution is -2.43. The Balaban J connectivity index is 1.65. The zero-order chi connectivity index (χ0) is 15.3. The molecule has 2 amide bonds. The van der Waals surface area contributed by atoms with Gasteiger partial charge in [0.15, 0.2) is 9.84 Å². The second-order valence-electron chi connectivity index (χ2n) is 5.11. The Hall–Kier alpha value is -1.76. The minimum absolute atomic E-state index is 0.0279. The molecule has 0 aliphatic carbocycles. The van der Waals surface area contributed by atoms with Crippen LogP contribution < -0.4 is 15.4 Å². The molecule has 1 heterocycles. The van der Waals surface area contributed by atoms with Crippen LogP contribution >= 0.6 is 0 Å². The minimum atomic E-state index is -2.97. The van der Waals surface area contributed by atoms with Crippen LogP contribution in [0.2, 0.25) is 0 Å². The molecule has 21 heavy (non-hydrogen) atoms. The van der Waals surface area contributed by atoms with Gasteiger partial charge in [0.2, 0.25) is 0 Å². The topological polar surface area (TPSA) is 84.5 Å². The molecular formula is C14H20N2O4S. The first-order valence-corrected chi connectivity index (χ1v) is 8.72. The van der Waals surface area contributed by atoms with Gasteiger partial charge in [0.1, 0.15) is 12.4 Å². The molecule has 1 atom stereocenters. The van der Waals surface area contributed by atoms with E-state index < -0.39 is 9.84 Å². The van der Waals surface area contributed by atoms with Gasteiger partial charge in [-0.2, -0.15) is 0 Å². The number of nitrogens with one attached hydrogen (secondary N) is 2. The predicted octanol–water partition coefficient (Wildman–Crippen LogP) is 0.860. The number of urea groups is 1. The zero-order valence-electron chi connectivity index (χ0n) is 12.0. The molecule has 1 aromatic carbocycles. The summed E-state index contributed by atoms with van der Waals surface area (Å²) in [5.41, 5.74) is 1.04. The lowest BCUT2D eigenvalue weighted by Gasteiger charge is -2.13. The van der Waals surface area contributed by atoms with Crippen molar-refractivity contribution in [2.75, 3.05) is 24.7 Å². The average Bonchev–Trinajstić information content (AvgIpc) is 2.76. The Bertz CT molecular complexity index is 601. The van der Waals surface area contributed by atoms with E-state index in [-0.39, 0.29) is 23.6 Å². The summed E-state index contributed by atoms with van der Waals surface area (Å²) >= 11 is 0. The maximum Gasteiger partial charge on any atom is 0.315 e. The van der Waals surface area contributed by atoms with Crippen LogP contribution in [-0.4, -0.2) is 45.1 Å². The lowest BCUT2D eigenvalue weighted by molar-refractivity contribution is 0.233. The molecule has 2 rings (SSSR count). The molecule has 0 aromatic heterocycles. The van der Waals surface area contributed by atoms with Gasteiger partial charge in [0.25, 0.3) is 0 Å². The van der Waals surface area contributed by atoms with E-state index in [0.29, 0.717) is 19.6 Å². The molecule has 1 aromatic rings. The van der Waals surface area contributed by atoms with Crippen LogP contribution in [0.5, 0.6) is 5.75 Å². The number of hydrogen-bond donors (Lipinski definition) is 2. The van der Waals surface area contributed by atoms with Gasteiger partial charge in [0.05, 0.1) is 18.1 Å². The molecule has 0 radical (unpaired) electrons. The molecule has 0 bridgehead atoms. The Morgan fingerprint density at radius 2 is 2.14 bits per heavy atom. The molecule has 1 saturated heterocycles. The van der Waals surface area contributed by atoms with Crippen molar-refractivity contribution >= 4 is 15.9 Å². The second-order valence-corrected chi connectivity index (χ2v) is 7.34. The van der Waals surface area contributed by atoms with Crippen molar-refractivity contribution in [2.45, 2.75) is 19.4 Å². The SMILES string of the molecule is Cc1ccccc1OCCNC(=O)NC1CCS(=O)(=O)C1. The van der Waals surface area contributed by atoms with Gasteiger partial charge >= 0.3 is 6.03 Å². The van der Waals surface area contributed by atoms with Crippen molar-refractivity contribution in [3.05, 3.63) is 29.8 Å². The van der Waals surface area contributed by atoms with Crippen molar-refractivity contribution in [2.24, 2.45) is 0 Å². The summed E-state index contributed by atoms with van der Waals surface area (Å²) in [5.74, 6) is 0.968. The maximum absolute atomic E-state index is 11.6. The van der Waals surface area contributed by atoms with Gasteiger partial charge in [-0.05, 0) is 25.0 Å². The second kappa shape index (κ2) is 6.80. The van der Waals surface area contributed by atoms with Crippen molar-refractivity contribution < 1.29 is 17.9 Å². The number of carbonyl (C=O) groups excluding carboxylic acids is 1. The molecule has 0 spiro atoms. The fourth-order valence-electron chi connectivity index (χ4n) is 2.19. The van der Waals surface area contributed by atoms with E-state index in [9.17, 15) is 13.2 Å². The lowest BCUT2D eigenvalue weighted by atomic mass is 10.2. The number of carbonyl (C=O) groups is 1. The molecule has 2 N–H and O–H groups in total. The van der Waals surface area contributed by atoms with Crippen molar-refractivity contribution in [3.8, 4) is 5.75 Å². The van der Waals surface area contributed by atoms with Crippen LogP contribution in [0.25, 0.3) is 0 Å². The highest BCUT2D eigenvalue weighted by Gasteiger charge is 2.28. The van der Waals surface area contributed by atoms with Crippen molar-refractivity contribution in [3.63, 3.8) is 0 Å². The minimum Gasteiger partial charge on any atom is -0.491 e. The largest absolute Gasteiger partial charge is 0.491 e. The molecule has 1 unspecified atom stereocenters. The molecule has 1 fully saturated rings. The number of para-hydroxylation sites is 1. The van der Waals surface area contributed by atoms with Crippen LogP contribution in [-0.2, 0) is 9.84 Å². The highest BCUT2D eigenvalue weighted by Crippen LogP contribution is 2.15. The Kier molecular flexibility index (Phi) is 5.06. The van der Waals surface area contributed by atoms with Gasteiger partial charge in [-0.3, -0.25) is 0 Å². The summed E-state index contributed by atoms with van der Waals surface area (Å²) in [6.45, 7) is 2.68. The summed E-state index contributed by atoms with van der Waals surface area (Å²) in [4.78, 5) is 11.6. The van der Waals surface area contributed by atoms with Crippen LogP contribution in [0, 0.1) is 6.92 Å². The maximum atomic E-state index is 11.6. The van der Waals surface area contributed by atoms with Gasteiger partial charge < -0.3 is 15.4 Å². The third-order valence-corrected chi connectivity index (χ3v) is 5.07. The molecule has 0 saturated carbocycles. The van der Waals surface area contributed by atoms with E-state index in [2.05, 4.69) is 10.6 Å². The predicted molar refractivity (Wildman–Crippen MR) is 80.3 cm³/mol.